The van der Waals surface area contributed by atoms with Crippen molar-refractivity contribution < 1.29 is 24.2 Å². The molecule has 3 heterocycles. The van der Waals surface area contributed by atoms with Gasteiger partial charge in [-0.2, -0.15) is 0 Å². The maximum absolute atomic E-state index is 15.0. The molecule has 3 amide bonds. The van der Waals surface area contributed by atoms with Crippen LogP contribution in [0.1, 0.15) is 38.7 Å². The van der Waals surface area contributed by atoms with E-state index in [2.05, 4.69) is 20.1 Å². The lowest BCUT2D eigenvalue weighted by molar-refractivity contribution is -0.139. The van der Waals surface area contributed by atoms with Crippen molar-refractivity contribution in [2.45, 2.75) is 56.1 Å². The van der Waals surface area contributed by atoms with Gasteiger partial charge in [0.25, 0.3) is 5.91 Å². The van der Waals surface area contributed by atoms with E-state index in [4.69, 9.17) is 16.3 Å². The standard InChI is InChI=1S/C36H44ClN3O5S/c1-6-18-38(25-14-16-26(17-15-25)45-8-3)33(42)29-28-22-24(5)36(46-28)30(29)34(43)40(20-9-10-21-41)32(36)35(44)39(19-7-2)31-23(4)12-11-13-27(31)37/h6-7,11-17,24,28-30,32,41H,1-2,8-10,18-22H2,3-5H3/t24?,28-,29+,30-,32?,36?/m0/s1. The lowest BCUT2D eigenvalue weighted by atomic mass is 9.65. The third-order valence-corrected chi connectivity index (χ3v) is 12.0. The van der Waals surface area contributed by atoms with Crippen LogP contribution in [-0.4, -0.2) is 76.6 Å². The van der Waals surface area contributed by atoms with Crippen molar-refractivity contribution in [1.82, 2.24) is 4.90 Å². The number of carbonyl (C=O) groups is 3. The summed E-state index contributed by atoms with van der Waals surface area (Å²) < 4.78 is 4.81. The van der Waals surface area contributed by atoms with Crippen LogP contribution < -0.4 is 14.5 Å². The van der Waals surface area contributed by atoms with E-state index in [-0.39, 0.29) is 48.6 Å². The quantitative estimate of drug-likeness (QED) is 0.200. The zero-order chi connectivity index (χ0) is 33.2. The molecule has 3 saturated heterocycles. The fraction of sp³-hybridized carbons (Fsp3) is 0.472. The van der Waals surface area contributed by atoms with Gasteiger partial charge < -0.3 is 24.5 Å². The Kier molecular flexibility index (Phi) is 10.5. The zero-order valence-corrected chi connectivity index (χ0v) is 28.4. The number of ether oxygens (including phenoxy) is 1. The van der Waals surface area contributed by atoms with Crippen LogP contribution in [0.2, 0.25) is 5.02 Å². The Balaban J connectivity index is 1.58. The number of aliphatic hydroxyl groups is 1. The number of fused-ring (bicyclic) bond motifs is 1. The Morgan fingerprint density at radius 3 is 2.43 bits per heavy atom. The molecule has 46 heavy (non-hydrogen) atoms. The minimum absolute atomic E-state index is 0.00791. The first-order valence-electron chi connectivity index (χ1n) is 16.1. The van der Waals surface area contributed by atoms with Crippen molar-refractivity contribution in [3.63, 3.8) is 0 Å². The summed E-state index contributed by atoms with van der Waals surface area (Å²) in [6.45, 7) is 15.1. The van der Waals surface area contributed by atoms with Gasteiger partial charge in [-0.3, -0.25) is 14.4 Å². The lowest BCUT2D eigenvalue weighted by Gasteiger charge is -2.41. The molecule has 1 spiro atoms. The molecule has 246 valence electrons. The van der Waals surface area contributed by atoms with Crippen LogP contribution >= 0.6 is 23.4 Å². The van der Waals surface area contributed by atoms with Crippen molar-refractivity contribution in [1.29, 1.82) is 0 Å². The van der Waals surface area contributed by atoms with Gasteiger partial charge in [-0.25, -0.2) is 0 Å². The predicted octanol–water partition coefficient (Wildman–Crippen LogP) is 5.90. The summed E-state index contributed by atoms with van der Waals surface area (Å²) in [5, 5.41) is 9.89. The number of anilines is 2. The molecule has 8 nitrogen and oxygen atoms in total. The minimum Gasteiger partial charge on any atom is -0.494 e. The van der Waals surface area contributed by atoms with Crippen molar-refractivity contribution >= 4 is 52.5 Å². The summed E-state index contributed by atoms with van der Waals surface area (Å²) in [6.07, 6.45) is 5.12. The second-order valence-corrected chi connectivity index (χ2v) is 14.3. The molecular weight excluding hydrogens is 622 g/mol. The number of hydrogen-bond donors (Lipinski definition) is 1. The number of aliphatic hydroxyl groups excluding tert-OH is 1. The summed E-state index contributed by atoms with van der Waals surface area (Å²) in [4.78, 5) is 49.3. The number of benzene rings is 2. The number of nitrogens with zero attached hydrogens (tertiary/aromatic N) is 3. The molecule has 6 atom stereocenters. The number of thioether (sulfide) groups is 1. The summed E-state index contributed by atoms with van der Waals surface area (Å²) >= 11 is 8.35. The van der Waals surface area contributed by atoms with E-state index in [1.54, 1.807) is 44.7 Å². The van der Waals surface area contributed by atoms with Crippen molar-refractivity contribution in [3.8, 4) is 5.75 Å². The van der Waals surface area contributed by atoms with Gasteiger partial charge in [0.15, 0.2) is 0 Å². The van der Waals surface area contributed by atoms with Gasteiger partial charge in [-0.05, 0) is 74.9 Å². The van der Waals surface area contributed by atoms with Crippen molar-refractivity contribution in [2.24, 2.45) is 17.8 Å². The first kappa shape index (κ1) is 34.1. The smallest absolute Gasteiger partial charge is 0.251 e. The highest BCUT2D eigenvalue weighted by Crippen LogP contribution is 2.69. The summed E-state index contributed by atoms with van der Waals surface area (Å²) in [7, 11) is 0. The van der Waals surface area contributed by atoms with Crippen LogP contribution in [0.5, 0.6) is 5.75 Å². The minimum atomic E-state index is -0.805. The number of carbonyl (C=O) groups excluding carboxylic acids is 3. The van der Waals surface area contributed by atoms with E-state index in [1.807, 2.05) is 50.2 Å². The second kappa shape index (κ2) is 14.2. The Morgan fingerprint density at radius 1 is 1.11 bits per heavy atom. The third-order valence-electron chi connectivity index (χ3n) is 9.64. The number of rotatable bonds is 14. The molecule has 10 heteroatoms. The van der Waals surface area contributed by atoms with Crippen molar-refractivity contribution in [2.75, 3.05) is 42.6 Å². The molecule has 3 aliphatic rings. The van der Waals surface area contributed by atoms with Gasteiger partial charge in [0.1, 0.15) is 11.8 Å². The Bertz CT molecular complexity index is 1460. The Morgan fingerprint density at radius 2 is 1.80 bits per heavy atom. The van der Waals surface area contributed by atoms with Crippen LogP contribution in [0.4, 0.5) is 11.4 Å². The Hall–Kier alpha value is -3.27. The van der Waals surface area contributed by atoms with E-state index in [0.29, 0.717) is 48.1 Å². The highest BCUT2D eigenvalue weighted by Gasteiger charge is 2.76. The number of para-hydroxylation sites is 1. The Labute approximate surface area is 281 Å². The normalized spacial score (nSPS) is 26.2. The largest absolute Gasteiger partial charge is 0.494 e. The number of hydrogen-bond acceptors (Lipinski definition) is 6. The zero-order valence-electron chi connectivity index (χ0n) is 26.9. The SMILES string of the molecule is C=CCN(C(=O)[C@@H]1[C@@H]2CC(C)C3(S2)C(C(=O)N(CC=C)c2c(C)cccc2Cl)N(CCCCO)C(=O)[C@H]13)c1ccc(OCC)cc1. The molecule has 5 rings (SSSR count). The molecule has 0 saturated carbocycles. The number of unbranched alkanes of at least 4 members (excludes halogenated alkanes) is 1. The molecule has 2 aromatic carbocycles. The molecule has 2 aromatic rings. The number of amides is 3. The summed E-state index contributed by atoms with van der Waals surface area (Å²) in [6, 6.07) is 12.1. The maximum Gasteiger partial charge on any atom is 0.251 e. The third kappa shape index (κ3) is 5.75. The van der Waals surface area contributed by atoms with E-state index in [1.165, 1.54) is 0 Å². The highest BCUT2D eigenvalue weighted by atomic mass is 35.5. The van der Waals surface area contributed by atoms with Crippen molar-refractivity contribution in [3.05, 3.63) is 78.4 Å². The van der Waals surface area contributed by atoms with Gasteiger partial charge in [0.05, 0.1) is 33.9 Å². The van der Waals surface area contributed by atoms with Gasteiger partial charge in [-0.1, -0.05) is 42.8 Å². The number of aryl methyl sites for hydroxylation is 1. The molecule has 3 unspecified atom stereocenters. The second-order valence-electron chi connectivity index (χ2n) is 12.3. The van der Waals surface area contributed by atoms with Crippen LogP contribution in [0.15, 0.2) is 67.8 Å². The molecule has 0 aromatic heterocycles. The van der Waals surface area contributed by atoms with Crippen LogP contribution in [-0.2, 0) is 14.4 Å². The maximum atomic E-state index is 15.0. The molecule has 0 radical (unpaired) electrons. The lowest BCUT2D eigenvalue weighted by Crippen LogP contribution is -2.58. The van der Waals surface area contributed by atoms with Crippen LogP contribution in [0.25, 0.3) is 0 Å². The molecule has 1 N–H and O–H groups in total. The van der Waals surface area contributed by atoms with Gasteiger partial charge >= 0.3 is 0 Å². The van der Waals surface area contributed by atoms with Gasteiger partial charge in [0.2, 0.25) is 11.8 Å². The van der Waals surface area contributed by atoms with Crippen LogP contribution in [0, 0.1) is 24.7 Å². The average Bonchev–Trinajstić information content (AvgIpc) is 3.63. The fourth-order valence-electron chi connectivity index (χ4n) is 7.77. The molecule has 3 fully saturated rings. The predicted molar refractivity (Wildman–Crippen MR) is 186 cm³/mol. The molecular formula is C36H44ClN3O5S. The van der Waals surface area contributed by atoms with E-state index >= 15 is 0 Å². The average molecular weight is 666 g/mol. The summed E-state index contributed by atoms with van der Waals surface area (Å²) in [5.74, 6) is -1.09. The van der Waals surface area contributed by atoms with E-state index in [0.717, 1.165) is 12.0 Å². The van der Waals surface area contributed by atoms with E-state index in [9.17, 15) is 19.5 Å². The molecule has 3 aliphatic heterocycles. The highest BCUT2D eigenvalue weighted by molar-refractivity contribution is 8.02. The van der Waals surface area contributed by atoms with Crippen LogP contribution in [0.3, 0.4) is 0 Å². The molecule has 0 aliphatic carbocycles. The number of likely N-dealkylation sites (tertiary alicyclic amines) is 1. The monoisotopic (exact) mass is 665 g/mol. The first-order valence-corrected chi connectivity index (χ1v) is 17.3. The molecule has 2 bridgehead atoms. The fourth-order valence-corrected chi connectivity index (χ4v) is 10.5. The topological polar surface area (TPSA) is 90.4 Å². The number of halogens is 1. The van der Waals surface area contributed by atoms with Gasteiger partial charge in [-0.15, -0.1) is 24.9 Å². The van der Waals surface area contributed by atoms with E-state index < -0.39 is 22.6 Å². The summed E-state index contributed by atoms with van der Waals surface area (Å²) in [5.41, 5.74) is 2.14. The first-order chi connectivity index (χ1) is 22.2. The van der Waals surface area contributed by atoms with Gasteiger partial charge in [0, 0.05) is 37.2 Å².